The van der Waals surface area contributed by atoms with Crippen molar-refractivity contribution in [3.05, 3.63) is 58.9 Å². The summed E-state index contributed by atoms with van der Waals surface area (Å²) in [6.07, 6.45) is -2.38. The molecule has 0 saturated carbocycles. The number of rotatable bonds is 3. The van der Waals surface area contributed by atoms with E-state index in [9.17, 15) is 13.2 Å². The minimum Gasteiger partial charge on any atom is -0.497 e. The number of halogens is 3. The SMILES string of the molecule is COc1cc(Cc2cc(C(C)(C)C)ccn2)cc(C(F)(F)F)c1. The average Bonchev–Trinajstić information content (AvgIpc) is 2.45. The van der Waals surface area contributed by atoms with E-state index in [1.165, 1.54) is 7.11 Å². The zero-order valence-electron chi connectivity index (χ0n) is 13.7. The van der Waals surface area contributed by atoms with Crippen LogP contribution in [0.15, 0.2) is 36.5 Å². The first kappa shape index (κ1) is 17.3. The predicted octanol–water partition coefficient (Wildman–Crippen LogP) is 5.00. The van der Waals surface area contributed by atoms with Crippen LogP contribution < -0.4 is 4.74 Å². The third-order valence-electron chi connectivity index (χ3n) is 3.60. The zero-order chi connectivity index (χ0) is 17.3. The summed E-state index contributed by atoms with van der Waals surface area (Å²) >= 11 is 0. The highest BCUT2D eigenvalue weighted by molar-refractivity contribution is 5.38. The molecule has 23 heavy (non-hydrogen) atoms. The van der Waals surface area contributed by atoms with Crippen LogP contribution in [0.4, 0.5) is 13.2 Å². The molecule has 0 radical (unpaired) electrons. The van der Waals surface area contributed by atoms with Crippen LogP contribution in [0.3, 0.4) is 0 Å². The first-order valence-corrected chi connectivity index (χ1v) is 7.30. The van der Waals surface area contributed by atoms with Crippen LogP contribution in [-0.4, -0.2) is 12.1 Å². The van der Waals surface area contributed by atoms with E-state index in [-0.39, 0.29) is 11.2 Å². The van der Waals surface area contributed by atoms with E-state index < -0.39 is 11.7 Å². The van der Waals surface area contributed by atoms with Gasteiger partial charge in [-0.3, -0.25) is 4.98 Å². The Kier molecular flexibility index (Phi) is 4.68. The smallest absolute Gasteiger partial charge is 0.416 e. The van der Waals surface area contributed by atoms with Gasteiger partial charge in [0.25, 0.3) is 0 Å². The van der Waals surface area contributed by atoms with E-state index in [2.05, 4.69) is 25.8 Å². The van der Waals surface area contributed by atoms with E-state index in [1.54, 1.807) is 12.3 Å². The molecule has 0 aliphatic heterocycles. The summed E-state index contributed by atoms with van der Waals surface area (Å²) in [6, 6.07) is 7.63. The molecule has 0 atom stereocenters. The lowest BCUT2D eigenvalue weighted by Crippen LogP contribution is -2.12. The normalized spacial score (nSPS) is 12.3. The second kappa shape index (κ2) is 6.22. The first-order chi connectivity index (χ1) is 10.6. The van der Waals surface area contributed by atoms with Crippen LogP contribution in [0.2, 0.25) is 0 Å². The van der Waals surface area contributed by atoms with Gasteiger partial charge in [0.2, 0.25) is 0 Å². The number of hydrogen-bond donors (Lipinski definition) is 0. The molecule has 0 N–H and O–H groups in total. The molecule has 0 fully saturated rings. The molecule has 0 bridgehead atoms. The van der Waals surface area contributed by atoms with Crippen LogP contribution in [0.1, 0.15) is 43.2 Å². The molecule has 1 aromatic heterocycles. The van der Waals surface area contributed by atoms with Gasteiger partial charge >= 0.3 is 6.18 Å². The summed E-state index contributed by atoms with van der Waals surface area (Å²) in [7, 11) is 1.36. The highest BCUT2D eigenvalue weighted by Crippen LogP contribution is 2.33. The molecule has 2 nitrogen and oxygen atoms in total. The van der Waals surface area contributed by atoms with E-state index >= 15 is 0 Å². The van der Waals surface area contributed by atoms with Crippen molar-refractivity contribution in [2.75, 3.05) is 7.11 Å². The summed E-state index contributed by atoms with van der Waals surface area (Å²) < 4.78 is 43.9. The molecule has 1 heterocycles. The molecule has 0 spiro atoms. The van der Waals surface area contributed by atoms with Gasteiger partial charge in [-0.15, -0.1) is 0 Å². The van der Waals surface area contributed by atoms with Crippen LogP contribution in [0.25, 0.3) is 0 Å². The summed E-state index contributed by atoms with van der Waals surface area (Å²) in [5.41, 5.74) is 1.61. The molecule has 124 valence electrons. The number of ether oxygens (including phenoxy) is 1. The van der Waals surface area contributed by atoms with E-state index in [0.29, 0.717) is 12.0 Å². The number of nitrogens with zero attached hydrogens (tertiary/aromatic N) is 1. The minimum atomic E-state index is -4.40. The summed E-state index contributed by atoms with van der Waals surface area (Å²) in [5.74, 6) is 0.196. The lowest BCUT2D eigenvalue weighted by Gasteiger charge is -2.19. The van der Waals surface area contributed by atoms with Crippen molar-refractivity contribution < 1.29 is 17.9 Å². The number of methoxy groups -OCH3 is 1. The fourth-order valence-corrected chi connectivity index (χ4v) is 2.29. The minimum absolute atomic E-state index is 0.0385. The average molecular weight is 323 g/mol. The summed E-state index contributed by atoms with van der Waals surface area (Å²) in [4.78, 5) is 4.27. The molecule has 2 rings (SSSR count). The fourth-order valence-electron chi connectivity index (χ4n) is 2.29. The molecule has 0 saturated heterocycles. The monoisotopic (exact) mass is 323 g/mol. The standard InChI is InChI=1S/C18H20F3NO/c1-17(2,3)13-5-6-22-15(10-13)8-12-7-14(18(19,20)21)11-16(9-12)23-4/h5-7,9-11H,8H2,1-4H3. The molecule has 5 heteroatoms. The molecular weight excluding hydrogens is 303 g/mol. The van der Waals surface area contributed by atoms with Crippen molar-refractivity contribution in [3.8, 4) is 5.75 Å². The Balaban J connectivity index is 2.37. The highest BCUT2D eigenvalue weighted by Gasteiger charge is 2.31. The summed E-state index contributed by atoms with van der Waals surface area (Å²) in [6.45, 7) is 6.25. The second-order valence-electron chi connectivity index (χ2n) is 6.53. The number of hydrogen-bond acceptors (Lipinski definition) is 2. The third kappa shape index (κ3) is 4.47. The van der Waals surface area contributed by atoms with Gasteiger partial charge in [0, 0.05) is 18.3 Å². The quantitative estimate of drug-likeness (QED) is 0.793. The number of aromatic nitrogens is 1. The van der Waals surface area contributed by atoms with Crippen LogP contribution in [0.5, 0.6) is 5.75 Å². The van der Waals surface area contributed by atoms with Crippen LogP contribution >= 0.6 is 0 Å². The lowest BCUT2D eigenvalue weighted by molar-refractivity contribution is -0.137. The first-order valence-electron chi connectivity index (χ1n) is 7.30. The predicted molar refractivity (Wildman–Crippen MR) is 83.7 cm³/mol. The van der Waals surface area contributed by atoms with Gasteiger partial charge in [0.05, 0.1) is 12.7 Å². The zero-order valence-corrected chi connectivity index (χ0v) is 13.7. The van der Waals surface area contributed by atoms with Crippen molar-refractivity contribution in [3.63, 3.8) is 0 Å². The van der Waals surface area contributed by atoms with Gasteiger partial charge in [0.15, 0.2) is 0 Å². The van der Waals surface area contributed by atoms with Gasteiger partial charge in [-0.25, -0.2) is 0 Å². The molecule has 0 aliphatic carbocycles. The Morgan fingerprint density at radius 1 is 1.00 bits per heavy atom. The third-order valence-corrected chi connectivity index (χ3v) is 3.60. The van der Waals surface area contributed by atoms with Gasteiger partial charge < -0.3 is 4.74 Å². The Labute approximate surface area is 134 Å². The maximum absolute atomic E-state index is 13.0. The molecule has 0 unspecified atom stereocenters. The largest absolute Gasteiger partial charge is 0.497 e. The molecular formula is C18H20F3NO. The van der Waals surface area contributed by atoms with Crippen molar-refractivity contribution in [1.29, 1.82) is 0 Å². The Morgan fingerprint density at radius 3 is 2.26 bits per heavy atom. The maximum Gasteiger partial charge on any atom is 0.416 e. The Morgan fingerprint density at radius 2 is 1.70 bits per heavy atom. The number of benzene rings is 1. The van der Waals surface area contributed by atoms with Crippen molar-refractivity contribution in [1.82, 2.24) is 4.98 Å². The van der Waals surface area contributed by atoms with Crippen molar-refractivity contribution in [2.45, 2.75) is 38.8 Å². The van der Waals surface area contributed by atoms with Crippen LogP contribution in [0, 0.1) is 0 Å². The summed E-state index contributed by atoms with van der Waals surface area (Å²) in [5, 5.41) is 0. The fraction of sp³-hybridized carbons (Fsp3) is 0.389. The van der Waals surface area contributed by atoms with Gasteiger partial charge in [-0.2, -0.15) is 13.2 Å². The van der Waals surface area contributed by atoms with Gasteiger partial charge in [0.1, 0.15) is 5.75 Å². The van der Waals surface area contributed by atoms with Crippen molar-refractivity contribution >= 4 is 0 Å². The topological polar surface area (TPSA) is 22.1 Å². The van der Waals surface area contributed by atoms with Gasteiger partial charge in [-0.1, -0.05) is 20.8 Å². The van der Waals surface area contributed by atoms with Crippen LogP contribution in [-0.2, 0) is 18.0 Å². The Hall–Kier alpha value is -2.04. The van der Waals surface area contributed by atoms with E-state index in [4.69, 9.17) is 4.74 Å². The molecule has 2 aromatic rings. The molecule has 0 aliphatic rings. The second-order valence-corrected chi connectivity index (χ2v) is 6.53. The molecule has 1 aromatic carbocycles. The number of alkyl halides is 3. The lowest BCUT2D eigenvalue weighted by atomic mass is 9.87. The van der Waals surface area contributed by atoms with E-state index in [1.807, 2.05) is 12.1 Å². The number of pyridine rings is 1. The van der Waals surface area contributed by atoms with E-state index in [0.717, 1.165) is 23.4 Å². The van der Waals surface area contributed by atoms with Gasteiger partial charge in [-0.05, 0) is 46.9 Å². The highest BCUT2D eigenvalue weighted by atomic mass is 19.4. The Bertz CT molecular complexity index is 687. The molecule has 0 amide bonds. The maximum atomic E-state index is 13.0. The van der Waals surface area contributed by atoms with Crippen molar-refractivity contribution in [2.24, 2.45) is 0 Å².